The average molecular weight is 222 g/mol. The molecule has 0 bridgehead atoms. The van der Waals surface area contributed by atoms with Gasteiger partial charge in [0.1, 0.15) is 5.82 Å². The standard InChI is InChI=1S/C11H18N4O/c1-13-9-6-10(15-11(12)14-9)16-7-8-4-2-3-5-8/h6,8H,2-5,7H2,1H3,(H3,12,13,14,15). The summed E-state index contributed by atoms with van der Waals surface area (Å²) in [5.74, 6) is 2.17. The summed E-state index contributed by atoms with van der Waals surface area (Å²) in [5, 5.41) is 2.93. The fourth-order valence-electron chi connectivity index (χ4n) is 2.03. The fourth-order valence-corrected chi connectivity index (χ4v) is 2.03. The molecule has 2 rings (SSSR count). The minimum atomic E-state index is 0.244. The second-order valence-electron chi connectivity index (χ2n) is 4.16. The molecule has 0 aromatic carbocycles. The molecule has 5 heteroatoms. The molecule has 0 saturated heterocycles. The molecule has 0 atom stereocenters. The van der Waals surface area contributed by atoms with E-state index in [-0.39, 0.29) is 5.95 Å². The summed E-state index contributed by atoms with van der Waals surface area (Å²) in [6.45, 7) is 0.736. The van der Waals surface area contributed by atoms with E-state index < -0.39 is 0 Å². The highest BCUT2D eigenvalue weighted by Crippen LogP contribution is 2.25. The minimum absolute atomic E-state index is 0.244. The third kappa shape index (κ3) is 2.74. The second-order valence-corrected chi connectivity index (χ2v) is 4.16. The largest absolute Gasteiger partial charge is 0.477 e. The Morgan fingerprint density at radius 1 is 1.44 bits per heavy atom. The Hall–Kier alpha value is -1.52. The van der Waals surface area contributed by atoms with Crippen LogP contribution in [0.2, 0.25) is 0 Å². The van der Waals surface area contributed by atoms with E-state index in [1.807, 2.05) is 0 Å². The van der Waals surface area contributed by atoms with Crippen molar-refractivity contribution in [1.29, 1.82) is 0 Å². The van der Waals surface area contributed by atoms with E-state index in [1.165, 1.54) is 25.7 Å². The number of nitrogens with zero attached hydrogens (tertiary/aromatic N) is 2. The molecule has 0 radical (unpaired) electrons. The lowest BCUT2D eigenvalue weighted by Gasteiger charge is -2.11. The number of hydrogen-bond donors (Lipinski definition) is 2. The zero-order valence-electron chi connectivity index (χ0n) is 9.57. The Labute approximate surface area is 95.4 Å². The van der Waals surface area contributed by atoms with E-state index in [0.29, 0.717) is 17.6 Å². The number of hydrogen-bond acceptors (Lipinski definition) is 5. The van der Waals surface area contributed by atoms with Crippen LogP contribution in [-0.2, 0) is 0 Å². The van der Waals surface area contributed by atoms with Gasteiger partial charge < -0.3 is 15.8 Å². The van der Waals surface area contributed by atoms with Crippen LogP contribution in [0.4, 0.5) is 11.8 Å². The summed E-state index contributed by atoms with van der Waals surface area (Å²) in [6, 6.07) is 1.77. The van der Waals surface area contributed by atoms with Gasteiger partial charge in [-0.2, -0.15) is 9.97 Å². The molecule has 1 aromatic rings. The van der Waals surface area contributed by atoms with Crippen molar-refractivity contribution in [1.82, 2.24) is 9.97 Å². The fraction of sp³-hybridized carbons (Fsp3) is 0.636. The van der Waals surface area contributed by atoms with Gasteiger partial charge in [-0.25, -0.2) is 0 Å². The van der Waals surface area contributed by atoms with Crippen LogP contribution >= 0.6 is 0 Å². The van der Waals surface area contributed by atoms with E-state index in [1.54, 1.807) is 13.1 Å². The monoisotopic (exact) mass is 222 g/mol. The molecule has 0 unspecified atom stereocenters. The van der Waals surface area contributed by atoms with Gasteiger partial charge in [0.25, 0.3) is 0 Å². The van der Waals surface area contributed by atoms with Crippen molar-refractivity contribution < 1.29 is 4.74 Å². The highest BCUT2D eigenvalue weighted by molar-refractivity contribution is 5.42. The van der Waals surface area contributed by atoms with Gasteiger partial charge in [0.15, 0.2) is 0 Å². The summed E-state index contributed by atoms with van der Waals surface area (Å²) < 4.78 is 5.64. The Balaban J connectivity index is 1.94. The summed E-state index contributed by atoms with van der Waals surface area (Å²) in [5.41, 5.74) is 5.58. The maximum absolute atomic E-state index is 5.64. The molecule has 16 heavy (non-hydrogen) atoms. The second kappa shape index (κ2) is 5.01. The predicted octanol–water partition coefficient (Wildman–Crippen LogP) is 1.67. The maximum atomic E-state index is 5.64. The number of nitrogen functional groups attached to an aromatic ring is 1. The van der Waals surface area contributed by atoms with Crippen molar-refractivity contribution in [2.24, 2.45) is 5.92 Å². The smallest absolute Gasteiger partial charge is 0.225 e. The van der Waals surface area contributed by atoms with Crippen molar-refractivity contribution >= 4 is 11.8 Å². The summed E-state index contributed by atoms with van der Waals surface area (Å²) >= 11 is 0. The van der Waals surface area contributed by atoms with Crippen LogP contribution in [-0.4, -0.2) is 23.6 Å². The molecular formula is C11H18N4O. The topological polar surface area (TPSA) is 73.1 Å². The number of rotatable bonds is 4. The molecule has 1 heterocycles. The SMILES string of the molecule is CNc1cc(OCC2CCCC2)nc(N)n1. The van der Waals surface area contributed by atoms with Crippen LogP contribution in [0, 0.1) is 5.92 Å². The van der Waals surface area contributed by atoms with Crippen LogP contribution in [0.15, 0.2) is 6.07 Å². The van der Waals surface area contributed by atoms with Gasteiger partial charge in [0.05, 0.1) is 6.61 Å². The molecule has 1 aliphatic carbocycles. The first kappa shape index (κ1) is 11.0. The highest BCUT2D eigenvalue weighted by Gasteiger charge is 2.16. The van der Waals surface area contributed by atoms with Crippen LogP contribution < -0.4 is 15.8 Å². The van der Waals surface area contributed by atoms with Crippen LogP contribution in [0.3, 0.4) is 0 Å². The predicted molar refractivity (Wildman–Crippen MR) is 63.4 cm³/mol. The number of ether oxygens (including phenoxy) is 1. The van der Waals surface area contributed by atoms with Crippen LogP contribution in [0.1, 0.15) is 25.7 Å². The third-order valence-electron chi connectivity index (χ3n) is 2.92. The van der Waals surface area contributed by atoms with E-state index in [4.69, 9.17) is 10.5 Å². The van der Waals surface area contributed by atoms with E-state index in [2.05, 4.69) is 15.3 Å². The van der Waals surface area contributed by atoms with Crippen molar-refractivity contribution in [3.8, 4) is 5.88 Å². The van der Waals surface area contributed by atoms with Crippen molar-refractivity contribution in [2.75, 3.05) is 24.7 Å². The number of nitrogens with one attached hydrogen (secondary N) is 1. The molecule has 1 aromatic heterocycles. The molecular weight excluding hydrogens is 204 g/mol. The highest BCUT2D eigenvalue weighted by atomic mass is 16.5. The average Bonchev–Trinajstić information content (AvgIpc) is 2.78. The van der Waals surface area contributed by atoms with E-state index in [9.17, 15) is 0 Å². The van der Waals surface area contributed by atoms with Crippen molar-refractivity contribution in [3.05, 3.63) is 6.07 Å². The number of nitrogens with two attached hydrogens (primary N) is 1. The summed E-state index contributed by atoms with van der Waals surface area (Å²) in [7, 11) is 1.79. The molecule has 88 valence electrons. The quantitative estimate of drug-likeness (QED) is 0.810. The van der Waals surface area contributed by atoms with Gasteiger partial charge in [-0.1, -0.05) is 12.8 Å². The van der Waals surface area contributed by atoms with Gasteiger partial charge in [-0.05, 0) is 18.8 Å². The molecule has 1 saturated carbocycles. The summed E-state index contributed by atoms with van der Waals surface area (Å²) in [6.07, 6.45) is 5.17. The molecule has 5 nitrogen and oxygen atoms in total. The molecule has 1 fully saturated rings. The Bertz CT molecular complexity index is 350. The maximum Gasteiger partial charge on any atom is 0.225 e. The van der Waals surface area contributed by atoms with Crippen LogP contribution in [0.25, 0.3) is 0 Å². The summed E-state index contributed by atoms with van der Waals surface area (Å²) in [4.78, 5) is 8.05. The van der Waals surface area contributed by atoms with Crippen molar-refractivity contribution in [2.45, 2.75) is 25.7 Å². The zero-order valence-corrected chi connectivity index (χ0v) is 9.57. The first-order valence-electron chi connectivity index (χ1n) is 5.73. The third-order valence-corrected chi connectivity index (χ3v) is 2.92. The minimum Gasteiger partial charge on any atom is -0.477 e. The lowest BCUT2D eigenvalue weighted by molar-refractivity contribution is 0.243. The normalized spacial score (nSPS) is 16.3. The van der Waals surface area contributed by atoms with Gasteiger partial charge in [-0.15, -0.1) is 0 Å². The van der Waals surface area contributed by atoms with Gasteiger partial charge in [0.2, 0.25) is 11.8 Å². The Kier molecular flexibility index (Phi) is 3.44. The van der Waals surface area contributed by atoms with E-state index in [0.717, 1.165) is 6.61 Å². The molecule has 0 amide bonds. The zero-order chi connectivity index (χ0) is 11.4. The molecule has 0 aliphatic heterocycles. The number of aromatic nitrogens is 2. The Morgan fingerprint density at radius 3 is 2.88 bits per heavy atom. The molecule has 3 N–H and O–H groups in total. The first-order valence-corrected chi connectivity index (χ1v) is 5.73. The molecule has 1 aliphatic rings. The van der Waals surface area contributed by atoms with Gasteiger partial charge >= 0.3 is 0 Å². The Morgan fingerprint density at radius 2 is 2.19 bits per heavy atom. The van der Waals surface area contributed by atoms with Gasteiger partial charge in [0, 0.05) is 13.1 Å². The lowest BCUT2D eigenvalue weighted by Crippen LogP contribution is -2.10. The first-order chi connectivity index (χ1) is 7.78. The lowest BCUT2D eigenvalue weighted by atomic mass is 10.1. The van der Waals surface area contributed by atoms with Crippen LogP contribution in [0.5, 0.6) is 5.88 Å². The van der Waals surface area contributed by atoms with Gasteiger partial charge in [-0.3, -0.25) is 0 Å². The number of anilines is 2. The van der Waals surface area contributed by atoms with E-state index >= 15 is 0 Å². The molecule has 0 spiro atoms. The van der Waals surface area contributed by atoms with Crippen molar-refractivity contribution in [3.63, 3.8) is 0 Å².